The normalized spacial score (nSPS) is 14.6. The van der Waals surface area contributed by atoms with E-state index in [-0.39, 0.29) is 5.54 Å². The number of hydrogen-bond donors (Lipinski definition) is 1. The van der Waals surface area contributed by atoms with Crippen molar-refractivity contribution in [2.45, 2.75) is 85.6 Å². The first-order valence-corrected chi connectivity index (χ1v) is 8.62. The lowest BCUT2D eigenvalue weighted by molar-refractivity contribution is 0.471. The summed E-state index contributed by atoms with van der Waals surface area (Å²) in [6.07, 6.45) is 2.37. The van der Waals surface area contributed by atoms with Gasteiger partial charge in [0.15, 0.2) is 0 Å². The van der Waals surface area contributed by atoms with Crippen LogP contribution in [-0.4, -0.2) is 5.54 Å². The van der Waals surface area contributed by atoms with E-state index >= 15 is 0 Å². The zero-order valence-corrected chi connectivity index (χ0v) is 16.0. The maximum atomic E-state index is 3.58. The standard InChI is InChI=1S/C21H35N/c1-14(2)18-11-10-12-19(15(3)4)20(18)16(5)13-17(6)22-21(7,8)9/h10-16,22H,1-9H3/b17-13+. The predicted molar refractivity (Wildman–Crippen MR) is 99.7 cm³/mol. The van der Waals surface area contributed by atoms with Gasteiger partial charge in [-0.3, -0.25) is 0 Å². The molecule has 0 bridgehead atoms. The molecule has 0 heterocycles. The highest BCUT2D eigenvalue weighted by atomic mass is 14.9. The van der Waals surface area contributed by atoms with Crippen molar-refractivity contribution < 1.29 is 0 Å². The SMILES string of the molecule is C/C(=C\C(C)c1c(C(C)C)cccc1C(C)C)NC(C)(C)C. The molecular formula is C21H35N. The second kappa shape index (κ2) is 7.35. The molecule has 0 aliphatic heterocycles. The fourth-order valence-corrected chi connectivity index (χ4v) is 3.23. The Morgan fingerprint density at radius 3 is 1.77 bits per heavy atom. The molecule has 22 heavy (non-hydrogen) atoms. The maximum absolute atomic E-state index is 3.58. The zero-order chi connectivity index (χ0) is 17.1. The van der Waals surface area contributed by atoms with E-state index in [1.165, 1.54) is 22.4 Å². The van der Waals surface area contributed by atoms with Crippen LogP contribution < -0.4 is 5.32 Å². The predicted octanol–water partition coefficient (Wildman–Crippen LogP) is 6.33. The third kappa shape index (κ3) is 5.19. The summed E-state index contributed by atoms with van der Waals surface area (Å²) in [6.45, 7) is 20.3. The maximum Gasteiger partial charge on any atom is 0.0286 e. The quantitative estimate of drug-likeness (QED) is 0.670. The second-order valence-corrected chi connectivity index (χ2v) is 8.17. The fraction of sp³-hybridized carbons (Fsp3) is 0.619. The summed E-state index contributed by atoms with van der Waals surface area (Å²) >= 11 is 0. The van der Waals surface area contributed by atoms with Gasteiger partial charge >= 0.3 is 0 Å². The van der Waals surface area contributed by atoms with Gasteiger partial charge in [0.2, 0.25) is 0 Å². The molecule has 0 aliphatic carbocycles. The third-order valence-corrected chi connectivity index (χ3v) is 3.95. The van der Waals surface area contributed by atoms with E-state index in [1.807, 2.05) is 0 Å². The minimum Gasteiger partial charge on any atom is -0.384 e. The van der Waals surface area contributed by atoms with Crippen molar-refractivity contribution in [1.82, 2.24) is 5.32 Å². The molecule has 0 radical (unpaired) electrons. The van der Waals surface area contributed by atoms with Gasteiger partial charge in [-0.2, -0.15) is 0 Å². The minimum absolute atomic E-state index is 0.110. The summed E-state index contributed by atoms with van der Waals surface area (Å²) in [5.41, 5.74) is 5.85. The molecule has 0 spiro atoms. The Morgan fingerprint density at radius 1 is 0.955 bits per heavy atom. The Balaban J connectivity index is 3.26. The molecule has 1 unspecified atom stereocenters. The van der Waals surface area contributed by atoms with Crippen LogP contribution in [0.4, 0.5) is 0 Å². The van der Waals surface area contributed by atoms with Crippen molar-refractivity contribution in [3.63, 3.8) is 0 Å². The van der Waals surface area contributed by atoms with Gasteiger partial charge in [-0.15, -0.1) is 0 Å². The number of hydrogen-bond acceptors (Lipinski definition) is 1. The average Bonchev–Trinajstić information content (AvgIpc) is 2.34. The van der Waals surface area contributed by atoms with Crippen LogP contribution in [0.15, 0.2) is 30.0 Å². The molecular weight excluding hydrogens is 266 g/mol. The number of nitrogens with one attached hydrogen (secondary N) is 1. The first kappa shape index (κ1) is 18.8. The van der Waals surface area contributed by atoms with Gasteiger partial charge in [-0.1, -0.05) is 58.9 Å². The van der Waals surface area contributed by atoms with Gasteiger partial charge in [0.05, 0.1) is 0 Å². The second-order valence-electron chi connectivity index (χ2n) is 8.17. The lowest BCUT2D eigenvalue weighted by Crippen LogP contribution is -2.34. The molecule has 0 saturated carbocycles. The molecule has 0 aliphatic rings. The van der Waals surface area contributed by atoms with Crippen LogP contribution in [-0.2, 0) is 0 Å². The number of allylic oxidation sites excluding steroid dienone is 2. The molecule has 124 valence electrons. The lowest BCUT2D eigenvalue weighted by atomic mass is 9.82. The summed E-state index contributed by atoms with van der Waals surface area (Å²) in [5, 5.41) is 3.58. The van der Waals surface area contributed by atoms with Crippen molar-refractivity contribution in [3.8, 4) is 0 Å². The Kier molecular flexibility index (Phi) is 6.28. The zero-order valence-electron chi connectivity index (χ0n) is 16.0. The van der Waals surface area contributed by atoms with Crippen LogP contribution in [0.25, 0.3) is 0 Å². The van der Waals surface area contributed by atoms with Gasteiger partial charge in [0, 0.05) is 17.2 Å². The Hall–Kier alpha value is -1.24. The van der Waals surface area contributed by atoms with Crippen LogP contribution in [0.1, 0.15) is 96.8 Å². The van der Waals surface area contributed by atoms with Gasteiger partial charge in [0.1, 0.15) is 0 Å². The van der Waals surface area contributed by atoms with Crippen molar-refractivity contribution in [1.29, 1.82) is 0 Å². The smallest absolute Gasteiger partial charge is 0.0286 e. The third-order valence-electron chi connectivity index (χ3n) is 3.95. The van der Waals surface area contributed by atoms with Gasteiger partial charge in [-0.25, -0.2) is 0 Å². The summed E-state index contributed by atoms with van der Waals surface area (Å²) in [6, 6.07) is 6.80. The summed E-state index contributed by atoms with van der Waals surface area (Å²) in [5.74, 6) is 1.53. The Labute approximate surface area is 138 Å². The molecule has 1 nitrogen and oxygen atoms in total. The summed E-state index contributed by atoms with van der Waals surface area (Å²) < 4.78 is 0. The van der Waals surface area contributed by atoms with Gasteiger partial charge in [0.25, 0.3) is 0 Å². The van der Waals surface area contributed by atoms with E-state index in [4.69, 9.17) is 0 Å². The minimum atomic E-state index is 0.110. The molecule has 1 aromatic rings. The molecule has 0 amide bonds. The van der Waals surface area contributed by atoms with Crippen molar-refractivity contribution in [3.05, 3.63) is 46.7 Å². The number of benzene rings is 1. The molecule has 1 aromatic carbocycles. The first-order valence-electron chi connectivity index (χ1n) is 8.62. The average molecular weight is 302 g/mol. The Morgan fingerprint density at radius 2 is 1.41 bits per heavy atom. The van der Waals surface area contributed by atoms with Crippen molar-refractivity contribution >= 4 is 0 Å². The first-order chi connectivity index (χ1) is 10.0. The molecule has 1 N–H and O–H groups in total. The topological polar surface area (TPSA) is 12.0 Å². The number of rotatable bonds is 5. The molecule has 1 rings (SSSR count). The van der Waals surface area contributed by atoms with Crippen LogP contribution >= 0.6 is 0 Å². The molecule has 1 atom stereocenters. The van der Waals surface area contributed by atoms with Gasteiger partial charge in [-0.05, 0) is 56.2 Å². The van der Waals surface area contributed by atoms with E-state index in [2.05, 4.69) is 91.9 Å². The van der Waals surface area contributed by atoms with Crippen LogP contribution in [0.3, 0.4) is 0 Å². The van der Waals surface area contributed by atoms with Crippen molar-refractivity contribution in [2.24, 2.45) is 0 Å². The summed E-state index contributed by atoms with van der Waals surface area (Å²) in [7, 11) is 0. The van der Waals surface area contributed by atoms with E-state index in [1.54, 1.807) is 0 Å². The lowest BCUT2D eigenvalue weighted by Gasteiger charge is -2.26. The highest BCUT2D eigenvalue weighted by Crippen LogP contribution is 2.34. The van der Waals surface area contributed by atoms with Crippen LogP contribution in [0.5, 0.6) is 0 Å². The van der Waals surface area contributed by atoms with Gasteiger partial charge < -0.3 is 5.32 Å². The largest absolute Gasteiger partial charge is 0.384 e. The van der Waals surface area contributed by atoms with Crippen LogP contribution in [0, 0.1) is 0 Å². The van der Waals surface area contributed by atoms with E-state index in [0.717, 1.165) is 0 Å². The molecule has 1 heteroatoms. The molecule has 0 saturated heterocycles. The fourth-order valence-electron chi connectivity index (χ4n) is 3.23. The van der Waals surface area contributed by atoms with E-state index in [9.17, 15) is 0 Å². The highest BCUT2D eigenvalue weighted by Gasteiger charge is 2.18. The molecule has 0 aromatic heterocycles. The Bertz CT molecular complexity index is 489. The summed E-state index contributed by atoms with van der Waals surface area (Å²) in [4.78, 5) is 0. The van der Waals surface area contributed by atoms with Crippen molar-refractivity contribution in [2.75, 3.05) is 0 Å². The monoisotopic (exact) mass is 301 g/mol. The highest BCUT2D eigenvalue weighted by molar-refractivity contribution is 5.43. The van der Waals surface area contributed by atoms with E-state index in [0.29, 0.717) is 17.8 Å². The molecule has 0 fully saturated rings. The van der Waals surface area contributed by atoms with E-state index < -0.39 is 0 Å². The van der Waals surface area contributed by atoms with Crippen LogP contribution in [0.2, 0.25) is 0 Å².